The number of hydrogen-bond donors (Lipinski definition) is 1. The van der Waals surface area contributed by atoms with E-state index >= 15 is 0 Å². The largest absolute Gasteiger partial charge is 0.431 e. The van der Waals surface area contributed by atoms with Crippen LogP contribution in [0, 0.1) is 12.8 Å². The topological polar surface area (TPSA) is 51.1 Å². The molecule has 1 aliphatic rings. The standard InChI is InChI=1S/C18H19F3N2O2/c1-10-3-6-14-13(7-10)15(24)8-16(18(19,20)21)23(14)9-11(2)22-17(25)12-4-5-12/h3,6-8,11-12H,4-5,9H2,1-2H3,(H,22,25)/t11-/m0/s1. The molecule has 1 aromatic carbocycles. The molecule has 1 fully saturated rings. The van der Waals surface area contributed by atoms with Crippen LogP contribution in [0.3, 0.4) is 0 Å². The Morgan fingerprint density at radius 2 is 2.00 bits per heavy atom. The molecule has 134 valence electrons. The van der Waals surface area contributed by atoms with Gasteiger partial charge in [0.15, 0.2) is 5.43 Å². The number of carbonyl (C=O) groups excluding carboxylic acids is 1. The average molecular weight is 352 g/mol. The van der Waals surface area contributed by atoms with Crippen LogP contribution in [-0.4, -0.2) is 16.5 Å². The minimum atomic E-state index is -4.65. The van der Waals surface area contributed by atoms with Crippen molar-refractivity contribution in [3.63, 3.8) is 0 Å². The molecule has 4 nitrogen and oxygen atoms in total. The van der Waals surface area contributed by atoms with Gasteiger partial charge in [-0.15, -0.1) is 0 Å². The van der Waals surface area contributed by atoms with Gasteiger partial charge in [0.2, 0.25) is 5.91 Å². The van der Waals surface area contributed by atoms with Gasteiger partial charge >= 0.3 is 6.18 Å². The number of halogens is 3. The van der Waals surface area contributed by atoms with Gasteiger partial charge in [0.05, 0.1) is 5.52 Å². The molecule has 0 spiro atoms. The number of amides is 1. The summed E-state index contributed by atoms with van der Waals surface area (Å²) in [6.07, 6.45) is -3.00. The fourth-order valence-electron chi connectivity index (χ4n) is 2.95. The molecule has 1 amide bonds. The molecule has 1 saturated carbocycles. The molecule has 1 aliphatic carbocycles. The van der Waals surface area contributed by atoms with Crippen molar-refractivity contribution in [3.8, 4) is 0 Å². The average Bonchev–Trinajstić information content (AvgIpc) is 3.33. The maximum absolute atomic E-state index is 13.4. The van der Waals surface area contributed by atoms with Crippen molar-refractivity contribution in [3.05, 3.63) is 45.7 Å². The van der Waals surface area contributed by atoms with Crippen molar-refractivity contribution in [2.24, 2.45) is 5.92 Å². The van der Waals surface area contributed by atoms with Gasteiger partial charge in [-0.25, -0.2) is 0 Å². The maximum atomic E-state index is 13.4. The van der Waals surface area contributed by atoms with E-state index < -0.39 is 23.3 Å². The first-order valence-electron chi connectivity index (χ1n) is 8.18. The van der Waals surface area contributed by atoms with E-state index in [1.807, 2.05) is 0 Å². The normalized spacial score (nSPS) is 16.0. The number of rotatable bonds is 4. The summed E-state index contributed by atoms with van der Waals surface area (Å²) in [4.78, 5) is 24.0. The van der Waals surface area contributed by atoms with Crippen LogP contribution < -0.4 is 10.7 Å². The number of nitrogens with zero attached hydrogens (tertiary/aromatic N) is 1. The summed E-state index contributed by atoms with van der Waals surface area (Å²) >= 11 is 0. The highest BCUT2D eigenvalue weighted by Gasteiger charge is 2.36. The smallest absolute Gasteiger partial charge is 0.352 e. The number of benzene rings is 1. The Hall–Kier alpha value is -2.31. The van der Waals surface area contributed by atoms with Gasteiger partial charge in [-0.3, -0.25) is 9.59 Å². The molecule has 0 unspecified atom stereocenters. The van der Waals surface area contributed by atoms with Gasteiger partial charge in [-0.05, 0) is 38.8 Å². The molecule has 7 heteroatoms. The van der Waals surface area contributed by atoms with Crippen LogP contribution in [0.5, 0.6) is 0 Å². The van der Waals surface area contributed by atoms with Crippen molar-refractivity contribution in [2.75, 3.05) is 0 Å². The Morgan fingerprint density at radius 3 is 2.60 bits per heavy atom. The highest BCUT2D eigenvalue weighted by molar-refractivity contribution is 5.81. The lowest BCUT2D eigenvalue weighted by Gasteiger charge is -2.22. The fraction of sp³-hybridized carbons (Fsp3) is 0.444. The summed E-state index contributed by atoms with van der Waals surface area (Å²) in [7, 11) is 0. The van der Waals surface area contributed by atoms with Crippen LogP contribution in [0.15, 0.2) is 29.1 Å². The highest BCUT2D eigenvalue weighted by Crippen LogP contribution is 2.31. The number of nitrogens with one attached hydrogen (secondary N) is 1. The van der Waals surface area contributed by atoms with E-state index in [0.717, 1.165) is 23.0 Å². The van der Waals surface area contributed by atoms with Crippen LogP contribution >= 0.6 is 0 Å². The van der Waals surface area contributed by atoms with E-state index in [0.29, 0.717) is 6.07 Å². The predicted molar refractivity (Wildman–Crippen MR) is 88.3 cm³/mol. The van der Waals surface area contributed by atoms with Crippen molar-refractivity contribution in [1.29, 1.82) is 0 Å². The monoisotopic (exact) mass is 352 g/mol. The molecular formula is C18H19F3N2O2. The Kier molecular flexibility index (Phi) is 4.34. The van der Waals surface area contributed by atoms with E-state index in [9.17, 15) is 22.8 Å². The molecule has 1 aromatic heterocycles. The first kappa shape index (κ1) is 17.5. The third-order valence-corrected chi connectivity index (χ3v) is 4.35. The molecule has 0 saturated heterocycles. The number of hydrogen-bond acceptors (Lipinski definition) is 2. The number of fused-ring (bicyclic) bond motifs is 1. The van der Waals surface area contributed by atoms with Gasteiger partial charge < -0.3 is 9.88 Å². The first-order valence-corrected chi connectivity index (χ1v) is 8.18. The number of carbonyl (C=O) groups is 1. The quantitative estimate of drug-likeness (QED) is 0.918. The van der Waals surface area contributed by atoms with Gasteiger partial charge in [-0.1, -0.05) is 11.6 Å². The first-order chi connectivity index (χ1) is 11.7. The highest BCUT2D eigenvalue weighted by atomic mass is 19.4. The van der Waals surface area contributed by atoms with Crippen molar-refractivity contribution in [2.45, 2.75) is 45.5 Å². The predicted octanol–water partition coefficient (Wildman–Crippen LogP) is 3.24. The van der Waals surface area contributed by atoms with Crippen LogP contribution in [0.1, 0.15) is 31.0 Å². The van der Waals surface area contributed by atoms with Crippen LogP contribution in [-0.2, 0) is 17.5 Å². The minimum absolute atomic E-state index is 0.0158. The van der Waals surface area contributed by atoms with Crippen molar-refractivity contribution < 1.29 is 18.0 Å². The van der Waals surface area contributed by atoms with E-state index in [-0.39, 0.29) is 29.3 Å². The van der Waals surface area contributed by atoms with Crippen LogP contribution in [0.4, 0.5) is 13.2 Å². The van der Waals surface area contributed by atoms with E-state index in [1.165, 1.54) is 6.07 Å². The number of pyridine rings is 1. The molecule has 3 rings (SSSR count). The summed E-state index contributed by atoms with van der Waals surface area (Å²) in [6, 6.07) is 4.93. The zero-order valence-electron chi connectivity index (χ0n) is 14.0. The van der Waals surface area contributed by atoms with E-state index in [2.05, 4.69) is 5.32 Å². The van der Waals surface area contributed by atoms with Crippen LogP contribution in [0.2, 0.25) is 0 Å². The second-order valence-electron chi connectivity index (χ2n) is 6.71. The third kappa shape index (κ3) is 3.70. The Bertz CT molecular complexity index is 882. The van der Waals surface area contributed by atoms with Crippen molar-refractivity contribution >= 4 is 16.8 Å². The summed E-state index contributed by atoms with van der Waals surface area (Å²) in [5.74, 6) is -0.139. The number of alkyl halides is 3. The number of aromatic nitrogens is 1. The Labute approximate surface area is 142 Å². The summed E-state index contributed by atoms with van der Waals surface area (Å²) in [5, 5.41) is 3.00. The SMILES string of the molecule is Cc1ccc2c(c1)c(=O)cc(C(F)(F)F)n2C[C@H](C)NC(=O)C1CC1. The second-order valence-corrected chi connectivity index (χ2v) is 6.71. The van der Waals surface area contributed by atoms with E-state index in [1.54, 1.807) is 26.0 Å². The van der Waals surface area contributed by atoms with Gasteiger partial charge in [-0.2, -0.15) is 13.2 Å². The summed E-state index contributed by atoms with van der Waals surface area (Å²) in [6.45, 7) is 3.38. The van der Waals surface area contributed by atoms with Gasteiger partial charge in [0.1, 0.15) is 5.69 Å². The molecule has 2 aromatic rings. The summed E-state index contributed by atoms with van der Waals surface area (Å²) < 4.78 is 41.4. The van der Waals surface area contributed by atoms with E-state index in [4.69, 9.17) is 0 Å². The van der Waals surface area contributed by atoms with Gasteiger partial charge in [0, 0.05) is 30.0 Å². The summed E-state index contributed by atoms with van der Waals surface area (Å²) in [5.41, 5.74) is -0.637. The lowest BCUT2D eigenvalue weighted by Crippen LogP contribution is -2.38. The molecule has 1 atom stereocenters. The van der Waals surface area contributed by atoms with Crippen molar-refractivity contribution in [1.82, 2.24) is 9.88 Å². The second kappa shape index (κ2) is 6.20. The zero-order valence-corrected chi connectivity index (χ0v) is 14.0. The Balaban J connectivity index is 2.05. The molecule has 25 heavy (non-hydrogen) atoms. The maximum Gasteiger partial charge on any atom is 0.431 e. The Morgan fingerprint density at radius 1 is 1.32 bits per heavy atom. The minimum Gasteiger partial charge on any atom is -0.352 e. The molecule has 0 bridgehead atoms. The fourth-order valence-corrected chi connectivity index (χ4v) is 2.95. The molecule has 1 heterocycles. The van der Waals surface area contributed by atoms with Gasteiger partial charge in [0.25, 0.3) is 0 Å². The number of aryl methyl sites for hydroxylation is 1. The molecule has 0 aliphatic heterocycles. The molecule has 1 N–H and O–H groups in total. The third-order valence-electron chi connectivity index (χ3n) is 4.35. The zero-order chi connectivity index (χ0) is 18.4. The molecule has 0 radical (unpaired) electrons. The lowest BCUT2D eigenvalue weighted by molar-refractivity contribution is -0.143. The molecular weight excluding hydrogens is 333 g/mol. The van der Waals surface area contributed by atoms with Crippen LogP contribution in [0.25, 0.3) is 10.9 Å². The lowest BCUT2D eigenvalue weighted by atomic mass is 10.1.